The Labute approximate surface area is 176 Å². The maximum atomic E-state index is 8.06. The van der Waals surface area contributed by atoms with Crippen molar-refractivity contribution in [3.05, 3.63) is 0 Å². The number of hydrogen-bond acceptors (Lipinski definition) is 1. The van der Waals surface area contributed by atoms with Gasteiger partial charge in [-0.1, -0.05) is 110 Å². The number of unbranched alkanes of at least 4 members (excludes halogenated alkanes) is 14. The van der Waals surface area contributed by atoms with Gasteiger partial charge in [0, 0.05) is 0 Å². The van der Waals surface area contributed by atoms with Crippen LogP contribution >= 0.6 is 24.8 Å². The molecule has 0 aliphatic heterocycles. The van der Waals surface area contributed by atoms with Crippen LogP contribution in [0.15, 0.2) is 0 Å². The molecule has 0 amide bonds. The molecule has 0 rings (SSSR count). The Kier molecular flexibility index (Phi) is 113. The van der Waals surface area contributed by atoms with Crippen LogP contribution in [0.2, 0.25) is 0 Å². The average molecular weight is 456 g/mol. The first-order valence-electron chi connectivity index (χ1n) is 8.57. The van der Waals surface area contributed by atoms with E-state index < -0.39 is 0 Å². The van der Waals surface area contributed by atoms with Gasteiger partial charge in [-0.15, -0.1) is 24.8 Å². The van der Waals surface area contributed by atoms with E-state index in [0.717, 1.165) is 0 Å². The molecule has 8 N–H and O–H groups in total. The van der Waals surface area contributed by atoms with Gasteiger partial charge in [0.25, 0.3) is 0 Å². The quantitative estimate of drug-likeness (QED) is 0.279. The van der Waals surface area contributed by atoms with Gasteiger partial charge in [0.05, 0.1) is 0 Å². The second-order valence-electron chi connectivity index (χ2n) is 5.60. The molecule has 25 heavy (non-hydrogen) atoms. The summed E-state index contributed by atoms with van der Waals surface area (Å²) in [6, 6.07) is 0. The number of rotatable bonds is 14. The van der Waals surface area contributed by atoms with E-state index in [1.54, 1.807) is 15.9 Å². The molecule has 0 spiro atoms. The van der Waals surface area contributed by atoms with Gasteiger partial charge in [0.1, 0.15) is 0 Å². The molecule has 165 valence electrons. The maximum absolute atomic E-state index is 8.06. The minimum absolute atomic E-state index is 0. The second kappa shape index (κ2) is 56.3. The molecule has 0 unspecified atom stereocenters. The average Bonchev–Trinajstić information content (AvgIpc) is 2.46. The third-order valence-corrected chi connectivity index (χ3v) is 3.71. The third kappa shape index (κ3) is 58.9. The molecule has 0 heterocycles. The molecule has 8 heteroatoms. The van der Waals surface area contributed by atoms with Gasteiger partial charge in [-0.25, -0.2) is 0 Å². The monoisotopic (exact) mass is 455 g/mol. The first-order chi connectivity index (χ1) is 9.41. The van der Waals surface area contributed by atoms with E-state index in [4.69, 9.17) is 3.83 Å². The molecule has 0 aliphatic rings. The van der Waals surface area contributed by atoms with E-state index in [1.165, 1.54) is 96.3 Å². The van der Waals surface area contributed by atoms with Crippen LogP contribution in [0.5, 0.6) is 0 Å². The molecule has 5 nitrogen and oxygen atoms in total. The summed E-state index contributed by atoms with van der Waals surface area (Å²) in [4.78, 5) is 0. The van der Waals surface area contributed by atoms with Crippen molar-refractivity contribution in [3.63, 3.8) is 0 Å². The van der Waals surface area contributed by atoms with Crippen LogP contribution in [0, 0.1) is 0 Å². The summed E-state index contributed by atoms with van der Waals surface area (Å²) in [7, 11) is 0. The van der Waals surface area contributed by atoms with Crippen molar-refractivity contribution in [1.29, 1.82) is 0 Å². The van der Waals surface area contributed by atoms with E-state index in [9.17, 15) is 0 Å². The predicted octanol–water partition coefficient (Wildman–Crippen LogP) is 4.30. The zero-order valence-corrected chi connectivity index (χ0v) is 19.0. The number of hydrogen-bond donors (Lipinski definition) is 0. The fourth-order valence-corrected chi connectivity index (χ4v) is 2.44. The molecule has 0 atom stereocenters. The van der Waals surface area contributed by atoms with Gasteiger partial charge in [-0.3, -0.25) is 0 Å². The van der Waals surface area contributed by atoms with Crippen molar-refractivity contribution in [2.75, 3.05) is 0 Å². The van der Waals surface area contributed by atoms with Crippen molar-refractivity contribution >= 4 is 24.8 Å². The Hall–Kier alpha value is 0.739. The minimum atomic E-state index is 0. The Bertz CT molecular complexity index is 147. The molecule has 0 bridgehead atoms. The van der Waals surface area contributed by atoms with Crippen molar-refractivity contribution < 1.29 is 41.7 Å². The Morgan fingerprint density at radius 1 is 0.400 bits per heavy atom. The summed E-state index contributed by atoms with van der Waals surface area (Å²) in [5.41, 5.74) is 0. The molecule has 0 fully saturated rings. The molecule has 0 aromatic carbocycles. The normalized spacial score (nSPS) is 7.60. The zero-order valence-electron chi connectivity index (χ0n) is 16.2. The first-order valence-corrected chi connectivity index (χ1v) is 9.05. The molecule has 0 aromatic rings. The van der Waals surface area contributed by atoms with E-state index in [1.807, 2.05) is 0 Å². The van der Waals surface area contributed by atoms with Crippen LogP contribution in [0.4, 0.5) is 0 Å². The van der Waals surface area contributed by atoms with Crippen molar-refractivity contribution in [2.24, 2.45) is 0 Å². The second-order valence-corrected chi connectivity index (χ2v) is 5.60. The first kappa shape index (κ1) is 50.1. The van der Waals surface area contributed by atoms with Crippen LogP contribution in [-0.4, -0.2) is 21.9 Å². The van der Waals surface area contributed by atoms with E-state index in [-0.39, 0.29) is 46.7 Å². The summed E-state index contributed by atoms with van der Waals surface area (Å²) in [5.74, 6) is 0. The third-order valence-electron chi connectivity index (χ3n) is 3.71. The van der Waals surface area contributed by atoms with E-state index >= 15 is 0 Å². The number of halogens is 2. The molecule has 0 aromatic heterocycles. The Balaban J connectivity index is -0.0000000579. The van der Waals surface area contributed by atoms with Crippen LogP contribution < -0.4 is 0 Å². The van der Waals surface area contributed by atoms with Crippen LogP contribution in [0.1, 0.15) is 110 Å². The topological polar surface area (TPSA) is 143 Å². The van der Waals surface area contributed by atoms with Gasteiger partial charge < -0.3 is 21.9 Å². The summed E-state index contributed by atoms with van der Waals surface area (Å²) in [6.07, 6.45) is 21.9. The fraction of sp³-hybridized carbons (Fsp3) is 1.00. The summed E-state index contributed by atoms with van der Waals surface area (Å²) in [5, 5.41) is 0. The molecule has 0 saturated heterocycles. The molecular formula is C17H46Cl2MnO5. The summed E-state index contributed by atoms with van der Waals surface area (Å²) in [6.45, 7) is 4.58. The van der Waals surface area contributed by atoms with Gasteiger partial charge in [-0.2, -0.15) is 0 Å². The SMILES string of the molecule is CCCCCCCCCCCCCCCCC.Cl.Cl.O.O.O.O.[O]=[Mn]. The van der Waals surface area contributed by atoms with E-state index in [2.05, 4.69) is 13.8 Å². The van der Waals surface area contributed by atoms with E-state index in [0.29, 0.717) is 0 Å². The van der Waals surface area contributed by atoms with Crippen molar-refractivity contribution in [3.8, 4) is 0 Å². The van der Waals surface area contributed by atoms with Crippen LogP contribution in [0.25, 0.3) is 0 Å². The summed E-state index contributed by atoms with van der Waals surface area (Å²) < 4.78 is 8.06. The van der Waals surface area contributed by atoms with Gasteiger partial charge in [0.2, 0.25) is 0 Å². The molecular weight excluding hydrogens is 410 g/mol. The standard InChI is InChI=1S/C17H36.2ClH.Mn.4H2O.O/c1-3-5-7-9-11-13-15-17-16-14-12-10-8-6-4-2;;;;;;;;/h3-17H2,1-2H3;2*1H;;4*1H2;. The van der Waals surface area contributed by atoms with Crippen molar-refractivity contribution in [1.82, 2.24) is 0 Å². The predicted molar refractivity (Wildman–Crippen MR) is 110 cm³/mol. The fourth-order valence-electron chi connectivity index (χ4n) is 2.44. The van der Waals surface area contributed by atoms with Gasteiger partial charge in [0.15, 0.2) is 0 Å². The molecule has 0 aliphatic carbocycles. The van der Waals surface area contributed by atoms with Crippen LogP contribution in [-0.2, 0) is 19.8 Å². The molecule has 0 radical (unpaired) electrons. The van der Waals surface area contributed by atoms with Crippen molar-refractivity contribution in [2.45, 2.75) is 110 Å². The summed E-state index contributed by atoms with van der Waals surface area (Å²) >= 11 is 1.69. The Morgan fingerprint density at radius 2 is 0.520 bits per heavy atom. The zero-order chi connectivity index (χ0) is 14.6. The van der Waals surface area contributed by atoms with Gasteiger partial charge in [-0.05, 0) is 0 Å². The Morgan fingerprint density at radius 3 is 0.640 bits per heavy atom. The molecule has 0 saturated carbocycles. The van der Waals surface area contributed by atoms with Crippen LogP contribution in [0.3, 0.4) is 0 Å². The van der Waals surface area contributed by atoms with Gasteiger partial charge >= 0.3 is 19.8 Å².